The van der Waals surface area contributed by atoms with Crippen LogP contribution in [0.5, 0.6) is 0 Å². The second-order valence-electron chi connectivity index (χ2n) is 9.16. The van der Waals surface area contributed by atoms with E-state index in [0.717, 1.165) is 38.4 Å². The molecule has 0 saturated heterocycles. The van der Waals surface area contributed by atoms with E-state index in [1.165, 1.54) is 12.1 Å². The first-order valence-corrected chi connectivity index (χ1v) is 11.8. The molecule has 0 fully saturated rings. The highest BCUT2D eigenvalue weighted by atomic mass is 19.1. The normalized spacial score (nSPS) is 19.7. The molecule has 3 aromatic carbocycles. The Bertz CT molecular complexity index is 1580. The van der Waals surface area contributed by atoms with Crippen molar-refractivity contribution in [2.24, 2.45) is 5.92 Å². The van der Waals surface area contributed by atoms with Crippen molar-refractivity contribution in [3.05, 3.63) is 130 Å². The van der Waals surface area contributed by atoms with Crippen molar-refractivity contribution in [2.45, 2.75) is 18.8 Å². The predicted molar refractivity (Wildman–Crippen MR) is 135 cm³/mol. The first-order chi connectivity index (χ1) is 17.1. The Balaban J connectivity index is 1.55. The highest BCUT2D eigenvalue weighted by molar-refractivity contribution is 6.01. The van der Waals surface area contributed by atoms with Gasteiger partial charge in [0.1, 0.15) is 11.6 Å². The molecule has 0 radical (unpaired) electrons. The van der Waals surface area contributed by atoms with Gasteiger partial charge in [-0.15, -0.1) is 0 Å². The number of benzene rings is 3. The zero-order valence-electron chi connectivity index (χ0n) is 19.0. The molecule has 4 heteroatoms. The molecular formula is C31H23F2NO. The van der Waals surface area contributed by atoms with E-state index in [9.17, 15) is 13.6 Å². The van der Waals surface area contributed by atoms with Crippen molar-refractivity contribution in [3.63, 3.8) is 0 Å². The van der Waals surface area contributed by atoms with Crippen molar-refractivity contribution in [1.82, 2.24) is 5.32 Å². The molecule has 2 atom stereocenters. The Morgan fingerprint density at radius 1 is 0.914 bits per heavy atom. The standard InChI is InChI=1S/C31H23F2NO/c32-21-10-12-22-19(16-21)9-11-24-23(22)13-14-25-27(24)17-20(31(35)26-6-3-4-7-29(26)33)18-28(25)30-8-2-1-5-15-34-30/h1-8,10-17,20,28,34H,9,18H2. The van der Waals surface area contributed by atoms with Crippen LogP contribution in [-0.4, -0.2) is 5.78 Å². The number of allylic oxidation sites excluding steroid dienone is 5. The van der Waals surface area contributed by atoms with E-state index in [1.807, 2.05) is 42.6 Å². The minimum absolute atomic E-state index is 0.0589. The van der Waals surface area contributed by atoms with Crippen molar-refractivity contribution in [2.75, 3.05) is 0 Å². The lowest BCUT2D eigenvalue weighted by Crippen LogP contribution is -2.40. The molecule has 0 spiro atoms. The number of nitrogens with one attached hydrogen (secondary N) is 1. The third-order valence-electron chi connectivity index (χ3n) is 7.13. The largest absolute Gasteiger partial charge is 0.364 e. The number of Topliss-reactive ketones (excluding diaryl/α,β-unsaturated/α-hetero) is 1. The fourth-order valence-corrected chi connectivity index (χ4v) is 5.48. The zero-order chi connectivity index (χ0) is 23.9. The Morgan fingerprint density at radius 3 is 2.66 bits per heavy atom. The lowest BCUT2D eigenvalue weighted by atomic mass is 9.75. The van der Waals surface area contributed by atoms with Crippen LogP contribution in [0.2, 0.25) is 0 Å². The summed E-state index contributed by atoms with van der Waals surface area (Å²) >= 11 is 0. The molecule has 1 aliphatic heterocycles. The molecule has 6 rings (SSSR count). The Kier molecular flexibility index (Phi) is 5.29. The van der Waals surface area contributed by atoms with Crippen LogP contribution in [0.25, 0.3) is 23.3 Å². The van der Waals surface area contributed by atoms with E-state index in [2.05, 4.69) is 23.5 Å². The Labute approximate surface area is 202 Å². The summed E-state index contributed by atoms with van der Waals surface area (Å²) in [7, 11) is 0. The predicted octanol–water partition coefficient (Wildman–Crippen LogP) is 5.29. The molecule has 1 N–H and O–H groups in total. The van der Waals surface area contributed by atoms with E-state index < -0.39 is 11.7 Å². The molecule has 0 saturated carbocycles. The maximum absolute atomic E-state index is 14.6. The maximum atomic E-state index is 14.6. The van der Waals surface area contributed by atoms with Crippen LogP contribution >= 0.6 is 0 Å². The average molecular weight is 464 g/mol. The zero-order valence-corrected chi connectivity index (χ0v) is 19.0. The smallest absolute Gasteiger partial charge is 0.172 e. The minimum atomic E-state index is -0.497. The molecular weight excluding hydrogens is 440 g/mol. The third-order valence-corrected chi connectivity index (χ3v) is 7.13. The number of hydrogen-bond acceptors (Lipinski definition) is 2. The average Bonchev–Trinajstić information content (AvgIpc) is 3.17. The molecule has 0 bridgehead atoms. The van der Waals surface area contributed by atoms with Crippen molar-refractivity contribution in [3.8, 4) is 11.1 Å². The van der Waals surface area contributed by atoms with Gasteiger partial charge in [0.05, 0.1) is 5.56 Å². The molecule has 0 amide bonds. The van der Waals surface area contributed by atoms with E-state index in [0.29, 0.717) is 12.8 Å². The summed E-state index contributed by atoms with van der Waals surface area (Å²) in [5.41, 5.74) is 5.23. The van der Waals surface area contributed by atoms with Gasteiger partial charge in [-0.3, -0.25) is 4.79 Å². The summed E-state index contributed by atoms with van der Waals surface area (Å²) in [5.74, 6) is -1.49. The number of carbonyl (C=O) groups excluding carboxylic acids is 1. The fourth-order valence-electron chi connectivity index (χ4n) is 5.48. The van der Waals surface area contributed by atoms with Gasteiger partial charge < -0.3 is 5.32 Å². The van der Waals surface area contributed by atoms with Crippen LogP contribution in [0.4, 0.5) is 8.78 Å². The van der Waals surface area contributed by atoms with E-state index >= 15 is 0 Å². The third kappa shape index (κ3) is 3.75. The molecule has 35 heavy (non-hydrogen) atoms. The van der Waals surface area contributed by atoms with Crippen LogP contribution < -0.4 is 15.8 Å². The summed E-state index contributed by atoms with van der Waals surface area (Å²) < 4.78 is 28.4. The highest BCUT2D eigenvalue weighted by Crippen LogP contribution is 2.35. The molecule has 1 heterocycles. The van der Waals surface area contributed by atoms with E-state index in [1.54, 1.807) is 24.3 Å². The van der Waals surface area contributed by atoms with Crippen molar-refractivity contribution >= 4 is 17.9 Å². The summed E-state index contributed by atoms with van der Waals surface area (Å²) in [6.45, 7) is 0. The second kappa shape index (κ2) is 8.62. The number of halogens is 2. The van der Waals surface area contributed by atoms with Gasteiger partial charge in [0.15, 0.2) is 5.78 Å². The molecule has 2 unspecified atom stereocenters. The minimum Gasteiger partial charge on any atom is -0.364 e. The number of rotatable bonds is 3. The second-order valence-corrected chi connectivity index (χ2v) is 9.16. The Hall–Kier alpha value is -4.05. The van der Waals surface area contributed by atoms with Crippen LogP contribution in [-0.2, 0) is 6.42 Å². The van der Waals surface area contributed by atoms with Crippen LogP contribution in [0.3, 0.4) is 0 Å². The maximum Gasteiger partial charge on any atom is 0.172 e. The Morgan fingerprint density at radius 2 is 1.77 bits per heavy atom. The van der Waals surface area contributed by atoms with Gasteiger partial charge >= 0.3 is 0 Å². The number of fused-ring (bicyclic) bond motifs is 5. The van der Waals surface area contributed by atoms with E-state index in [-0.39, 0.29) is 23.1 Å². The number of ketones is 1. The highest BCUT2D eigenvalue weighted by Gasteiger charge is 2.32. The van der Waals surface area contributed by atoms with Crippen LogP contribution in [0.1, 0.15) is 33.8 Å². The lowest BCUT2D eigenvalue weighted by Gasteiger charge is -2.30. The van der Waals surface area contributed by atoms with Gasteiger partial charge in [0.2, 0.25) is 0 Å². The molecule has 3 aliphatic rings. The number of carbonyl (C=O) groups is 1. The molecule has 172 valence electrons. The van der Waals surface area contributed by atoms with Crippen molar-refractivity contribution < 1.29 is 13.6 Å². The summed E-state index contributed by atoms with van der Waals surface area (Å²) in [6.07, 6.45) is 15.1. The van der Waals surface area contributed by atoms with Crippen LogP contribution in [0.15, 0.2) is 90.8 Å². The van der Waals surface area contributed by atoms with Gasteiger partial charge in [-0.2, -0.15) is 0 Å². The number of hydrogen-bond donors (Lipinski definition) is 1. The topological polar surface area (TPSA) is 29.1 Å². The quantitative estimate of drug-likeness (QED) is 0.535. The summed E-state index contributed by atoms with van der Waals surface area (Å²) in [6, 6.07) is 15.3. The fraction of sp³-hybridized carbons (Fsp3) is 0.129. The van der Waals surface area contributed by atoms with Gasteiger partial charge in [-0.1, -0.05) is 54.6 Å². The lowest BCUT2D eigenvalue weighted by molar-refractivity contribution is 0.0939. The molecule has 0 aromatic heterocycles. The summed E-state index contributed by atoms with van der Waals surface area (Å²) in [5, 5.41) is 5.43. The van der Waals surface area contributed by atoms with Crippen molar-refractivity contribution in [1.29, 1.82) is 0 Å². The van der Waals surface area contributed by atoms with Gasteiger partial charge in [0.25, 0.3) is 0 Å². The van der Waals surface area contributed by atoms with E-state index in [4.69, 9.17) is 0 Å². The van der Waals surface area contributed by atoms with Crippen LogP contribution in [0, 0.1) is 17.6 Å². The molecule has 3 aromatic rings. The first-order valence-electron chi connectivity index (χ1n) is 11.8. The molecule has 2 nitrogen and oxygen atoms in total. The summed E-state index contributed by atoms with van der Waals surface area (Å²) in [4.78, 5) is 13.5. The SMILES string of the molecule is O=C(c1ccccc1F)C1C=c2c(ccc3c2=CCc2cc(F)ccc2-3)C(C2=CC=CC=CN2)C1. The van der Waals surface area contributed by atoms with Gasteiger partial charge in [0, 0.05) is 23.7 Å². The van der Waals surface area contributed by atoms with Gasteiger partial charge in [-0.05, 0) is 82.0 Å². The molecule has 2 aliphatic carbocycles. The van der Waals surface area contributed by atoms with Gasteiger partial charge in [-0.25, -0.2) is 8.78 Å². The first kappa shape index (κ1) is 21.5. The monoisotopic (exact) mass is 463 g/mol.